The summed E-state index contributed by atoms with van der Waals surface area (Å²) >= 11 is 0. The number of sulfonamides is 1. The number of ether oxygens (including phenoxy) is 1. The molecule has 2 aromatic carbocycles. The monoisotopic (exact) mass is 419 g/mol. The molecule has 1 heterocycles. The maximum Gasteiger partial charge on any atom is 0.273 e. The second-order valence-electron chi connectivity index (χ2n) is 6.57. The van der Waals surface area contributed by atoms with Crippen LogP contribution < -0.4 is 5.32 Å². The van der Waals surface area contributed by atoms with Gasteiger partial charge in [0.05, 0.1) is 23.0 Å². The van der Waals surface area contributed by atoms with Crippen LogP contribution in [0.5, 0.6) is 0 Å². The summed E-state index contributed by atoms with van der Waals surface area (Å²) < 4.78 is 32.5. The highest BCUT2D eigenvalue weighted by atomic mass is 32.2. The highest BCUT2D eigenvalue weighted by molar-refractivity contribution is 7.89. The van der Waals surface area contributed by atoms with Crippen LogP contribution in [-0.4, -0.2) is 49.9 Å². The maximum absolute atomic E-state index is 13.0. The van der Waals surface area contributed by atoms with E-state index in [2.05, 4.69) is 5.32 Å². The second-order valence-corrected chi connectivity index (χ2v) is 8.47. The Morgan fingerprint density at radius 3 is 2.59 bits per heavy atom. The first kappa shape index (κ1) is 20.9. The van der Waals surface area contributed by atoms with Crippen LogP contribution in [0.3, 0.4) is 0 Å². The Balaban J connectivity index is 1.79. The summed E-state index contributed by atoms with van der Waals surface area (Å²) in [6.07, 6.45) is 0. The first-order valence-electron chi connectivity index (χ1n) is 9.00. The molecule has 10 heteroatoms. The van der Waals surface area contributed by atoms with Crippen molar-refractivity contribution in [3.8, 4) is 0 Å². The Bertz CT molecular complexity index is 1030. The van der Waals surface area contributed by atoms with E-state index in [0.29, 0.717) is 24.3 Å². The van der Waals surface area contributed by atoms with E-state index in [1.54, 1.807) is 25.1 Å². The van der Waals surface area contributed by atoms with Gasteiger partial charge in [0, 0.05) is 36.8 Å². The van der Waals surface area contributed by atoms with Crippen LogP contribution in [0.4, 0.5) is 5.69 Å². The first-order valence-corrected chi connectivity index (χ1v) is 10.4. The van der Waals surface area contributed by atoms with E-state index in [1.807, 2.05) is 0 Å². The number of amides is 1. The summed E-state index contributed by atoms with van der Waals surface area (Å²) in [5.74, 6) is -0.522. The van der Waals surface area contributed by atoms with Crippen molar-refractivity contribution in [3.63, 3.8) is 0 Å². The van der Waals surface area contributed by atoms with Crippen molar-refractivity contribution in [2.75, 3.05) is 26.3 Å². The van der Waals surface area contributed by atoms with Crippen LogP contribution in [0.1, 0.15) is 21.5 Å². The van der Waals surface area contributed by atoms with E-state index >= 15 is 0 Å². The molecule has 0 radical (unpaired) electrons. The van der Waals surface area contributed by atoms with Gasteiger partial charge in [-0.2, -0.15) is 4.31 Å². The normalized spacial score (nSPS) is 15.1. The predicted octanol–water partition coefficient (Wildman–Crippen LogP) is 1.85. The fourth-order valence-corrected chi connectivity index (χ4v) is 4.68. The summed E-state index contributed by atoms with van der Waals surface area (Å²) in [5, 5.41) is 13.7. The number of hydrogen-bond acceptors (Lipinski definition) is 6. The lowest BCUT2D eigenvalue weighted by Gasteiger charge is -2.27. The molecule has 1 fully saturated rings. The number of nitrogens with zero attached hydrogens (tertiary/aromatic N) is 2. The average Bonchev–Trinajstić information content (AvgIpc) is 2.73. The van der Waals surface area contributed by atoms with Gasteiger partial charge in [0.15, 0.2) is 0 Å². The fraction of sp³-hybridized carbons (Fsp3) is 0.316. The Kier molecular flexibility index (Phi) is 6.26. The van der Waals surface area contributed by atoms with E-state index in [-0.39, 0.29) is 35.8 Å². The number of aryl methyl sites for hydroxylation is 1. The number of morpholine rings is 1. The summed E-state index contributed by atoms with van der Waals surface area (Å²) in [7, 11) is -3.72. The maximum atomic E-state index is 13.0. The Hall–Kier alpha value is -2.82. The highest BCUT2D eigenvalue weighted by Gasteiger charge is 2.28. The molecule has 0 unspecified atom stereocenters. The minimum Gasteiger partial charge on any atom is -0.379 e. The van der Waals surface area contributed by atoms with Crippen molar-refractivity contribution in [2.45, 2.75) is 18.4 Å². The van der Waals surface area contributed by atoms with Crippen molar-refractivity contribution in [3.05, 3.63) is 69.3 Å². The Morgan fingerprint density at radius 1 is 1.21 bits per heavy atom. The third kappa shape index (κ3) is 4.61. The lowest BCUT2D eigenvalue weighted by Crippen LogP contribution is -2.41. The van der Waals surface area contributed by atoms with E-state index in [0.717, 1.165) is 0 Å². The van der Waals surface area contributed by atoms with Gasteiger partial charge in [0.25, 0.3) is 11.6 Å². The molecule has 9 nitrogen and oxygen atoms in total. The molecule has 1 N–H and O–H groups in total. The first-order chi connectivity index (χ1) is 13.8. The smallest absolute Gasteiger partial charge is 0.273 e. The van der Waals surface area contributed by atoms with Gasteiger partial charge in [-0.25, -0.2) is 8.42 Å². The van der Waals surface area contributed by atoms with Crippen LogP contribution in [0.15, 0.2) is 47.4 Å². The molecule has 0 spiro atoms. The molecule has 0 saturated carbocycles. The molecule has 0 aromatic heterocycles. The summed E-state index contributed by atoms with van der Waals surface area (Å²) in [4.78, 5) is 23.1. The lowest BCUT2D eigenvalue weighted by molar-refractivity contribution is -0.385. The van der Waals surface area contributed by atoms with Gasteiger partial charge in [0.2, 0.25) is 10.0 Å². The predicted molar refractivity (Wildman–Crippen MR) is 105 cm³/mol. The number of nitro groups is 1. The zero-order valence-corrected chi connectivity index (χ0v) is 16.6. The van der Waals surface area contributed by atoms with Crippen LogP contribution >= 0.6 is 0 Å². The average molecular weight is 419 g/mol. The highest BCUT2D eigenvalue weighted by Crippen LogP contribution is 2.22. The van der Waals surface area contributed by atoms with Gasteiger partial charge in [-0.3, -0.25) is 14.9 Å². The summed E-state index contributed by atoms with van der Waals surface area (Å²) in [5.41, 5.74) is 0.881. The Labute approximate surface area is 168 Å². The van der Waals surface area contributed by atoms with Crippen molar-refractivity contribution in [1.82, 2.24) is 9.62 Å². The number of nitrogens with one attached hydrogen (secondary N) is 1. The van der Waals surface area contributed by atoms with Crippen LogP contribution in [0.2, 0.25) is 0 Å². The van der Waals surface area contributed by atoms with E-state index in [1.165, 1.54) is 28.6 Å². The van der Waals surface area contributed by atoms with Crippen molar-refractivity contribution in [2.24, 2.45) is 0 Å². The minimum atomic E-state index is -3.72. The topological polar surface area (TPSA) is 119 Å². The molecular formula is C19H21N3O6S. The standard InChI is InChI=1S/C19H21N3O6S/c1-14-6-7-15(12-17(14)22(24)25)19(23)20-13-16-4-2-3-5-18(16)29(26,27)21-8-10-28-11-9-21/h2-7,12H,8-11,13H2,1H3,(H,20,23). The van der Waals surface area contributed by atoms with E-state index in [9.17, 15) is 23.3 Å². The van der Waals surface area contributed by atoms with E-state index in [4.69, 9.17) is 4.74 Å². The van der Waals surface area contributed by atoms with Gasteiger partial charge < -0.3 is 10.1 Å². The molecule has 0 aliphatic carbocycles. The molecule has 1 aliphatic heterocycles. The van der Waals surface area contributed by atoms with Gasteiger partial charge >= 0.3 is 0 Å². The third-order valence-electron chi connectivity index (χ3n) is 4.67. The molecule has 29 heavy (non-hydrogen) atoms. The molecule has 0 bridgehead atoms. The number of carbonyl (C=O) groups is 1. The van der Waals surface area contributed by atoms with Crippen LogP contribution in [-0.2, 0) is 21.3 Å². The zero-order valence-electron chi connectivity index (χ0n) is 15.8. The Morgan fingerprint density at radius 2 is 1.90 bits per heavy atom. The number of hydrogen-bond donors (Lipinski definition) is 1. The third-order valence-corrected chi connectivity index (χ3v) is 6.67. The largest absolute Gasteiger partial charge is 0.379 e. The fourth-order valence-electron chi connectivity index (χ4n) is 3.05. The van der Waals surface area contributed by atoms with Crippen molar-refractivity contribution >= 4 is 21.6 Å². The van der Waals surface area contributed by atoms with Crippen molar-refractivity contribution < 1.29 is 22.9 Å². The minimum absolute atomic E-state index is 0.0275. The molecule has 154 valence electrons. The molecule has 1 amide bonds. The molecule has 2 aromatic rings. The summed E-state index contributed by atoms with van der Waals surface area (Å²) in [6, 6.07) is 10.7. The molecule has 3 rings (SSSR count). The van der Waals surface area contributed by atoms with Gasteiger partial charge in [-0.15, -0.1) is 0 Å². The second kappa shape index (κ2) is 8.68. The van der Waals surface area contributed by atoms with E-state index < -0.39 is 20.9 Å². The number of rotatable bonds is 6. The zero-order chi connectivity index (χ0) is 21.0. The molecule has 0 atom stereocenters. The SMILES string of the molecule is Cc1ccc(C(=O)NCc2ccccc2S(=O)(=O)N2CCOCC2)cc1[N+](=O)[O-]. The van der Waals surface area contributed by atoms with Gasteiger partial charge in [-0.05, 0) is 24.6 Å². The molecule has 1 aliphatic rings. The van der Waals surface area contributed by atoms with Gasteiger partial charge in [0.1, 0.15) is 0 Å². The summed E-state index contributed by atoms with van der Waals surface area (Å²) in [6.45, 7) is 2.79. The van der Waals surface area contributed by atoms with Gasteiger partial charge in [-0.1, -0.05) is 24.3 Å². The van der Waals surface area contributed by atoms with Crippen LogP contribution in [0.25, 0.3) is 0 Å². The molecule has 1 saturated heterocycles. The van der Waals surface area contributed by atoms with Crippen molar-refractivity contribution in [1.29, 1.82) is 0 Å². The number of carbonyl (C=O) groups excluding carboxylic acids is 1. The quantitative estimate of drug-likeness (QED) is 0.564. The van der Waals surface area contributed by atoms with Crippen LogP contribution in [0, 0.1) is 17.0 Å². The number of nitro benzene ring substituents is 1. The molecular weight excluding hydrogens is 398 g/mol. The lowest BCUT2D eigenvalue weighted by atomic mass is 10.1. The number of benzene rings is 2.